The number of aliphatic carboxylic acids is 1. The van der Waals surface area contributed by atoms with E-state index in [0.29, 0.717) is 12.2 Å². The standard InChI is InChI=1S/C23H20N2O3/c1-28-21-14-15(11-13-22(26)27)10-12-20(21)25-23-16-6-2-4-8-18(16)24-19-9-5-3-7-17(19)23/h2-10,12,14H,11,13H2,1H3,(H,24,25)(H,26,27). The number of benzene rings is 3. The summed E-state index contributed by atoms with van der Waals surface area (Å²) in [6.07, 6.45) is 0.558. The molecule has 0 saturated carbocycles. The molecule has 28 heavy (non-hydrogen) atoms. The summed E-state index contributed by atoms with van der Waals surface area (Å²) in [7, 11) is 1.62. The lowest BCUT2D eigenvalue weighted by atomic mass is 10.1. The van der Waals surface area contributed by atoms with Gasteiger partial charge >= 0.3 is 5.97 Å². The predicted molar refractivity (Wildman–Crippen MR) is 111 cm³/mol. The number of nitrogens with zero attached hydrogens (tertiary/aromatic N) is 1. The van der Waals surface area contributed by atoms with Crippen LogP contribution in [0.4, 0.5) is 11.4 Å². The third kappa shape index (κ3) is 3.47. The zero-order chi connectivity index (χ0) is 19.5. The normalized spacial score (nSPS) is 10.9. The van der Waals surface area contributed by atoms with Gasteiger partial charge in [0.25, 0.3) is 0 Å². The molecule has 0 fully saturated rings. The van der Waals surface area contributed by atoms with E-state index in [9.17, 15) is 4.79 Å². The van der Waals surface area contributed by atoms with E-state index >= 15 is 0 Å². The summed E-state index contributed by atoms with van der Waals surface area (Å²) in [6, 6.07) is 21.8. The van der Waals surface area contributed by atoms with Gasteiger partial charge in [0, 0.05) is 17.2 Å². The Balaban J connectivity index is 1.80. The molecule has 0 radical (unpaired) electrons. The first-order chi connectivity index (χ1) is 13.7. The number of aromatic nitrogens is 1. The van der Waals surface area contributed by atoms with Crippen LogP contribution in [0, 0.1) is 0 Å². The minimum Gasteiger partial charge on any atom is -0.495 e. The predicted octanol–water partition coefficient (Wildman–Crippen LogP) is 5.16. The zero-order valence-corrected chi connectivity index (χ0v) is 15.5. The molecule has 1 aromatic heterocycles. The minimum atomic E-state index is -0.809. The van der Waals surface area contributed by atoms with Crippen LogP contribution in [0.15, 0.2) is 66.7 Å². The van der Waals surface area contributed by atoms with E-state index in [1.54, 1.807) is 7.11 Å². The molecule has 5 nitrogen and oxygen atoms in total. The number of fused-ring (bicyclic) bond motifs is 2. The third-order valence-corrected chi connectivity index (χ3v) is 4.74. The number of anilines is 2. The van der Waals surface area contributed by atoms with Crippen LogP contribution in [-0.2, 0) is 11.2 Å². The fraction of sp³-hybridized carbons (Fsp3) is 0.130. The summed E-state index contributed by atoms with van der Waals surface area (Å²) in [5.74, 6) is -0.135. The van der Waals surface area contributed by atoms with Crippen molar-refractivity contribution in [3.8, 4) is 5.75 Å². The number of carbonyl (C=O) groups is 1. The number of nitrogens with one attached hydrogen (secondary N) is 1. The summed E-state index contributed by atoms with van der Waals surface area (Å²) in [5, 5.41) is 14.5. The molecular formula is C23H20N2O3. The van der Waals surface area contributed by atoms with E-state index < -0.39 is 5.97 Å². The molecule has 2 N–H and O–H groups in total. The number of rotatable bonds is 6. The topological polar surface area (TPSA) is 71.5 Å². The number of hydrogen-bond acceptors (Lipinski definition) is 4. The summed E-state index contributed by atoms with van der Waals surface area (Å²) in [6.45, 7) is 0. The van der Waals surface area contributed by atoms with Crippen molar-refractivity contribution >= 4 is 39.1 Å². The second-order valence-corrected chi connectivity index (χ2v) is 6.57. The molecule has 0 aliphatic rings. The molecule has 0 atom stereocenters. The molecule has 1 heterocycles. The average Bonchev–Trinajstić information content (AvgIpc) is 2.72. The van der Waals surface area contributed by atoms with Gasteiger partial charge in [0.1, 0.15) is 5.75 Å². The van der Waals surface area contributed by atoms with Gasteiger partial charge in [-0.2, -0.15) is 0 Å². The summed E-state index contributed by atoms with van der Waals surface area (Å²) < 4.78 is 5.56. The maximum atomic E-state index is 10.8. The second kappa shape index (κ2) is 7.56. The van der Waals surface area contributed by atoms with E-state index in [2.05, 4.69) is 5.32 Å². The largest absolute Gasteiger partial charge is 0.495 e. The number of methoxy groups -OCH3 is 1. The van der Waals surface area contributed by atoms with Crippen molar-refractivity contribution in [2.75, 3.05) is 12.4 Å². The Bertz CT molecular complexity index is 1120. The van der Waals surface area contributed by atoms with Crippen molar-refractivity contribution in [3.63, 3.8) is 0 Å². The van der Waals surface area contributed by atoms with E-state index in [-0.39, 0.29) is 6.42 Å². The number of aryl methyl sites for hydroxylation is 1. The number of carboxylic acids is 1. The van der Waals surface area contributed by atoms with Crippen molar-refractivity contribution in [2.24, 2.45) is 0 Å². The molecule has 0 aliphatic heterocycles. The fourth-order valence-corrected chi connectivity index (χ4v) is 3.35. The van der Waals surface area contributed by atoms with E-state index in [1.165, 1.54) is 0 Å². The third-order valence-electron chi connectivity index (χ3n) is 4.74. The van der Waals surface area contributed by atoms with Crippen LogP contribution in [0.3, 0.4) is 0 Å². The highest BCUT2D eigenvalue weighted by Gasteiger charge is 2.12. The molecule has 0 unspecified atom stereocenters. The molecule has 0 saturated heterocycles. The number of hydrogen-bond donors (Lipinski definition) is 2. The number of para-hydroxylation sites is 2. The SMILES string of the molecule is COc1cc(CCC(=O)O)ccc1Nc1c2ccccc2nc2ccccc12. The monoisotopic (exact) mass is 372 g/mol. The Hall–Kier alpha value is -3.60. The molecule has 0 amide bonds. The van der Waals surface area contributed by atoms with Gasteiger partial charge in [-0.05, 0) is 36.2 Å². The summed E-state index contributed by atoms with van der Waals surface area (Å²) in [5.41, 5.74) is 4.55. The van der Waals surface area contributed by atoms with Crippen molar-refractivity contribution in [3.05, 3.63) is 72.3 Å². The highest BCUT2D eigenvalue weighted by atomic mass is 16.5. The van der Waals surface area contributed by atoms with E-state index in [1.807, 2.05) is 66.7 Å². The Morgan fingerprint density at radius 1 is 1.00 bits per heavy atom. The summed E-state index contributed by atoms with van der Waals surface area (Å²) >= 11 is 0. The van der Waals surface area contributed by atoms with Crippen LogP contribution in [0.5, 0.6) is 5.75 Å². The average molecular weight is 372 g/mol. The van der Waals surface area contributed by atoms with Crippen LogP contribution >= 0.6 is 0 Å². The number of pyridine rings is 1. The second-order valence-electron chi connectivity index (χ2n) is 6.57. The lowest BCUT2D eigenvalue weighted by molar-refractivity contribution is -0.136. The van der Waals surface area contributed by atoms with Crippen molar-refractivity contribution in [1.82, 2.24) is 4.98 Å². The van der Waals surface area contributed by atoms with Crippen molar-refractivity contribution < 1.29 is 14.6 Å². The van der Waals surface area contributed by atoms with Gasteiger partial charge in [-0.15, -0.1) is 0 Å². The van der Waals surface area contributed by atoms with Crippen molar-refractivity contribution in [1.29, 1.82) is 0 Å². The molecule has 0 bridgehead atoms. The summed E-state index contributed by atoms with van der Waals surface area (Å²) in [4.78, 5) is 15.6. The highest BCUT2D eigenvalue weighted by molar-refractivity contribution is 6.08. The zero-order valence-electron chi connectivity index (χ0n) is 15.5. The van der Waals surface area contributed by atoms with Crippen molar-refractivity contribution in [2.45, 2.75) is 12.8 Å². The molecule has 4 rings (SSSR count). The first-order valence-corrected chi connectivity index (χ1v) is 9.09. The maximum absolute atomic E-state index is 10.8. The fourth-order valence-electron chi connectivity index (χ4n) is 3.35. The molecule has 0 aliphatic carbocycles. The Morgan fingerprint density at radius 2 is 1.64 bits per heavy atom. The molecule has 5 heteroatoms. The quantitative estimate of drug-likeness (QED) is 0.458. The lowest BCUT2D eigenvalue weighted by Crippen LogP contribution is -2.00. The van der Waals surface area contributed by atoms with Gasteiger partial charge in [-0.25, -0.2) is 4.98 Å². The van der Waals surface area contributed by atoms with Gasteiger partial charge < -0.3 is 15.2 Å². The number of carboxylic acid groups (broad SMARTS) is 1. The van der Waals surface area contributed by atoms with Gasteiger partial charge in [0.15, 0.2) is 0 Å². The lowest BCUT2D eigenvalue weighted by Gasteiger charge is -2.16. The van der Waals surface area contributed by atoms with Gasteiger partial charge in [-0.3, -0.25) is 4.79 Å². The van der Waals surface area contributed by atoms with E-state index in [0.717, 1.165) is 38.7 Å². The smallest absolute Gasteiger partial charge is 0.303 e. The molecule has 0 spiro atoms. The van der Waals surface area contributed by atoms with Crippen LogP contribution in [-0.4, -0.2) is 23.2 Å². The van der Waals surface area contributed by atoms with Crippen LogP contribution < -0.4 is 10.1 Å². The van der Waals surface area contributed by atoms with Gasteiger partial charge in [0.05, 0.1) is 29.5 Å². The molecule has 3 aromatic carbocycles. The van der Waals surface area contributed by atoms with E-state index in [4.69, 9.17) is 14.8 Å². The highest BCUT2D eigenvalue weighted by Crippen LogP contribution is 2.36. The first kappa shape index (κ1) is 17.8. The number of ether oxygens (including phenoxy) is 1. The van der Waals surface area contributed by atoms with Crippen LogP contribution in [0.25, 0.3) is 21.8 Å². The molecule has 140 valence electrons. The molecular weight excluding hydrogens is 352 g/mol. The van der Waals surface area contributed by atoms with Gasteiger partial charge in [0.2, 0.25) is 0 Å². The van der Waals surface area contributed by atoms with Crippen LogP contribution in [0.2, 0.25) is 0 Å². The maximum Gasteiger partial charge on any atom is 0.303 e. The molecule has 4 aromatic rings. The van der Waals surface area contributed by atoms with Gasteiger partial charge in [-0.1, -0.05) is 42.5 Å². The Labute approximate surface area is 162 Å². The minimum absolute atomic E-state index is 0.0928. The Morgan fingerprint density at radius 3 is 2.25 bits per heavy atom. The Kier molecular flexibility index (Phi) is 4.81. The van der Waals surface area contributed by atoms with Crippen LogP contribution in [0.1, 0.15) is 12.0 Å². The first-order valence-electron chi connectivity index (χ1n) is 9.09.